The summed E-state index contributed by atoms with van der Waals surface area (Å²) in [5.41, 5.74) is 2.04. The van der Waals surface area contributed by atoms with Crippen molar-refractivity contribution in [3.63, 3.8) is 0 Å². The second kappa shape index (κ2) is 9.11. The van der Waals surface area contributed by atoms with Gasteiger partial charge in [0, 0.05) is 31.0 Å². The molecule has 0 bridgehead atoms. The predicted molar refractivity (Wildman–Crippen MR) is 108 cm³/mol. The molecule has 6 heteroatoms. The Morgan fingerprint density at radius 3 is 2.64 bits per heavy atom. The van der Waals surface area contributed by atoms with E-state index in [4.69, 9.17) is 0 Å². The van der Waals surface area contributed by atoms with Gasteiger partial charge in [0.2, 0.25) is 5.91 Å². The first-order valence-corrected chi connectivity index (χ1v) is 10.1. The number of hydrogen-bond acceptors (Lipinski definition) is 3. The van der Waals surface area contributed by atoms with E-state index in [2.05, 4.69) is 24.1 Å². The summed E-state index contributed by atoms with van der Waals surface area (Å²) in [6.45, 7) is 5.18. The van der Waals surface area contributed by atoms with Gasteiger partial charge in [0.15, 0.2) is 0 Å². The molecule has 2 N–H and O–H groups in total. The number of fused-ring (bicyclic) bond motifs is 1. The fourth-order valence-corrected chi connectivity index (χ4v) is 4.08. The molecule has 0 unspecified atom stereocenters. The van der Waals surface area contributed by atoms with Crippen molar-refractivity contribution in [2.24, 2.45) is 0 Å². The molecule has 0 aromatic heterocycles. The zero-order chi connectivity index (χ0) is 20.1. The maximum absolute atomic E-state index is 12.6. The van der Waals surface area contributed by atoms with Crippen molar-refractivity contribution in [2.75, 3.05) is 26.2 Å². The van der Waals surface area contributed by atoms with Crippen molar-refractivity contribution in [3.05, 3.63) is 35.4 Å². The molecule has 150 valence electrons. The van der Waals surface area contributed by atoms with Crippen LogP contribution >= 0.6 is 0 Å². The molecular weight excluding hydrogens is 354 g/mol. The molecule has 6 nitrogen and oxygen atoms in total. The number of benzene rings is 1. The highest BCUT2D eigenvalue weighted by Gasteiger charge is 2.54. The Morgan fingerprint density at radius 1 is 1.25 bits per heavy atom. The van der Waals surface area contributed by atoms with E-state index in [0.29, 0.717) is 13.1 Å². The van der Waals surface area contributed by atoms with Gasteiger partial charge in [0.1, 0.15) is 6.54 Å². The van der Waals surface area contributed by atoms with Crippen molar-refractivity contribution in [2.45, 2.75) is 51.1 Å². The number of unbranched alkanes of at least 4 members (excludes halogenated alkanes) is 1. The van der Waals surface area contributed by atoms with Gasteiger partial charge in [-0.2, -0.15) is 0 Å². The molecule has 0 saturated carbocycles. The van der Waals surface area contributed by atoms with Crippen LogP contribution in [-0.2, 0) is 4.79 Å². The molecule has 2 aliphatic rings. The third-order valence-corrected chi connectivity index (χ3v) is 5.47. The van der Waals surface area contributed by atoms with Crippen LogP contribution < -0.4 is 5.32 Å². The lowest BCUT2D eigenvalue weighted by Gasteiger charge is -2.58. The van der Waals surface area contributed by atoms with Gasteiger partial charge < -0.3 is 20.2 Å². The Hall–Kier alpha value is -2.52. The lowest BCUT2D eigenvalue weighted by molar-refractivity contribution is -0.159. The molecule has 2 aliphatic heterocycles. The van der Waals surface area contributed by atoms with Crippen LogP contribution in [0.4, 0.5) is 4.79 Å². The van der Waals surface area contributed by atoms with Crippen LogP contribution in [-0.4, -0.2) is 65.2 Å². The van der Waals surface area contributed by atoms with E-state index in [1.54, 1.807) is 9.80 Å². The SMILES string of the molecule is CCCC#Cc1ccc([C@@H]2[C@@H](CO)N3C(=O)CN(C(=O)NCCC)C[C@H]23)cc1. The van der Waals surface area contributed by atoms with Crippen LogP contribution in [0.15, 0.2) is 24.3 Å². The maximum atomic E-state index is 12.6. The number of hydrogen-bond donors (Lipinski definition) is 2. The number of nitrogens with zero attached hydrogens (tertiary/aromatic N) is 2. The normalized spacial score (nSPS) is 23.4. The summed E-state index contributed by atoms with van der Waals surface area (Å²) >= 11 is 0. The highest BCUT2D eigenvalue weighted by molar-refractivity contribution is 5.87. The van der Waals surface area contributed by atoms with Crippen LogP contribution in [0.5, 0.6) is 0 Å². The van der Waals surface area contributed by atoms with Crippen molar-refractivity contribution < 1.29 is 14.7 Å². The van der Waals surface area contributed by atoms with E-state index in [-0.39, 0.29) is 43.1 Å². The quantitative estimate of drug-likeness (QED) is 0.763. The average Bonchev–Trinajstić information content (AvgIpc) is 2.69. The van der Waals surface area contributed by atoms with E-state index < -0.39 is 0 Å². The van der Waals surface area contributed by atoms with Gasteiger partial charge in [-0.15, -0.1) is 0 Å². The van der Waals surface area contributed by atoms with E-state index in [9.17, 15) is 14.7 Å². The van der Waals surface area contributed by atoms with Crippen LogP contribution in [0.3, 0.4) is 0 Å². The number of rotatable bonds is 5. The van der Waals surface area contributed by atoms with E-state index >= 15 is 0 Å². The number of carbonyl (C=O) groups excluding carboxylic acids is 2. The third-order valence-electron chi connectivity index (χ3n) is 5.47. The van der Waals surface area contributed by atoms with Crippen molar-refractivity contribution >= 4 is 11.9 Å². The van der Waals surface area contributed by atoms with Gasteiger partial charge in [0.25, 0.3) is 0 Å². The monoisotopic (exact) mass is 383 g/mol. The number of amides is 3. The highest BCUT2D eigenvalue weighted by atomic mass is 16.3. The number of nitrogens with one attached hydrogen (secondary N) is 1. The first kappa shape index (κ1) is 20.2. The number of aliphatic hydroxyl groups excluding tert-OH is 1. The number of piperazine rings is 1. The lowest BCUT2D eigenvalue weighted by atomic mass is 9.73. The molecule has 1 aromatic carbocycles. The molecular formula is C22H29N3O3. The summed E-state index contributed by atoms with van der Waals surface area (Å²) in [6.07, 6.45) is 2.77. The van der Waals surface area contributed by atoms with E-state index in [1.165, 1.54) is 0 Å². The molecule has 3 amide bonds. The zero-order valence-corrected chi connectivity index (χ0v) is 16.6. The van der Waals surface area contributed by atoms with E-state index in [0.717, 1.165) is 30.4 Å². The molecule has 0 spiro atoms. The Balaban J connectivity index is 1.75. The number of carbonyl (C=O) groups is 2. The Labute approximate surface area is 166 Å². The summed E-state index contributed by atoms with van der Waals surface area (Å²) in [5, 5.41) is 12.7. The summed E-state index contributed by atoms with van der Waals surface area (Å²) in [5.74, 6) is 6.22. The second-order valence-corrected chi connectivity index (χ2v) is 7.43. The first-order valence-electron chi connectivity index (χ1n) is 10.1. The van der Waals surface area contributed by atoms with Crippen LogP contribution in [0.2, 0.25) is 0 Å². The second-order valence-electron chi connectivity index (χ2n) is 7.43. The zero-order valence-electron chi connectivity index (χ0n) is 16.6. The first-order chi connectivity index (χ1) is 13.6. The van der Waals surface area contributed by atoms with Gasteiger partial charge in [-0.25, -0.2) is 4.79 Å². The standard InChI is InChI=1S/C22H29N3O3/c1-3-5-6-7-16-8-10-17(11-9-16)21-18-13-24(22(28)23-12-4-2)14-20(27)25(18)19(21)15-26/h8-11,18-19,21,26H,3-5,12-15H2,1-2H3,(H,23,28)/t18-,19-,21+/m1/s1. The molecule has 28 heavy (non-hydrogen) atoms. The lowest BCUT2D eigenvalue weighted by Crippen LogP contribution is -2.73. The summed E-state index contributed by atoms with van der Waals surface area (Å²) in [7, 11) is 0. The highest BCUT2D eigenvalue weighted by Crippen LogP contribution is 2.42. The summed E-state index contributed by atoms with van der Waals surface area (Å²) < 4.78 is 0. The van der Waals surface area contributed by atoms with Crippen molar-refractivity contribution in [3.8, 4) is 11.8 Å². The summed E-state index contributed by atoms with van der Waals surface area (Å²) in [6, 6.07) is 7.53. The molecule has 1 aromatic rings. The van der Waals surface area contributed by atoms with Crippen LogP contribution in [0, 0.1) is 11.8 Å². The topological polar surface area (TPSA) is 72.9 Å². The molecule has 2 heterocycles. The average molecular weight is 383 g/mol. The summed E-state index contributed by atoms with van der Waals surface area (Å²) in [4.78, 5) is 28.2. The number of aliphatic hydroxyl groups is 1. The maximum Gasteiger partial charge on any atom is 0.317 e. The van der Waals surface area contributed by atoms with E-state index in [1.807, 2.05) is 31.2 Å². The van der Waals surface area contributed by atoms with Crippen molar-refractivity contribution in [1.82, 2.24) is 15.1 Å². The third kappa shape index (κ3) is 4.00. The van der Waals surface area contributed by atoms with Crippen LogP contribution in [0.1, 0.15) is 50.2 Å². The van der Waals surface area contributed by atoms with Gasteiger partial charge >= 0.3 is 6.03 Å². The Bertz CT molecular complexity index is 765. The van der Waals surface area contributed by atoms with Gasteiger partial charge in [-0.1, -0.05) is 37.8 Å². The minimum atomic E-state index is -0.227. The Morgan fingerprint density at radius 2 is 2.00 bits per heavy atom. The molecule has 3 rings (SSSR count). The fraction of sp³-hybridized carbons (Fsp3) is 0.545. The Kier molecular flexibility index (Phi) is 6.58. The minimum absolute atomic E-state index is 0.0216. The largest absolute Gasteiger partial charge is 0.394 e. The van der Waals surface area contributed by atoms with Crippen LogP contribution in [0.25, 0.3) is 0 Å². The molecule has 2 fully saturated rings. The van der Waals surface area contributed by atoms with Gasteiger partial charge in [-0.3, -0.25) is 4.79 Å². The molecule has 2 saturated heterocycles. The van der Waals surface area contributed by atoms with Crippen molar-refractivity contribution in [1.29, 1.82) is 0 Å². The molecule has 0 aliphatic carbocycles. The number of urea groups is 1. The molecule has 0 radical (unpaired) electrons. The minimum Gasteiger partial charge on any atom is -0.394 e. The smallest absolute Gasteiger partial charge is 0.317 e. The van der Waals surface area contributed by atoms with Gasteiger partial charge in [0.05, 0.1) is 18.7 Å². The predicted octanol–water partition coefficient (Wildman–Crippen LogP) is 1.93. The fourth-order valence-electron chi connectivity index (χ4n) is 4.08. The van der Waals surface area contributed by atoms with Gasteiger partial charge in [-0.05, 0) is 30.5 Å². The molecule has 3 atom stereocenters.